The largest absolute Gasteiger partial charge is 0.383 e. The molecule has 1 amide bonds. The summed E-state index contributed by atoms with van der Waals surface area (Å²) >= 11 is 0. The van der Waals surface area contributed by atoms with E-state index in [-0.39, 0.29) is 17.3 Å². The van der Waals surface area contributed by atoms with E-state index in [4.69, 9.17) is 4.74 Å². The van der Waals surface area contributed by atoms with Crippen molar-refractivity contribution < 1.29 is 13.9 Å². The fraction of sp³-hybridized carbons (Fsp3) is 0.500. The number of aromatic nitrogens is 1. The van der Waals surface area contributed by atoms with Crippen molar-refractivity contribution in [3.63, 3.8) is 0 Å². The Labute approximate surface area is 106 Å². The van der Waals surface area contributed by atoms with Crippen molar-refractivity contribution in [2.75, 3.05) is 39.2 Å². The van der Waals surface area contributed by atoms with Crippen molar-refractivity contribution in [1.29, 1.82) is 0 Å². The van der Waals surface area contributed by atoms with Gasteiger partial charge in [-0.1, -0.05) is 0 Å². The first-order valence-corrected chi connectivity index (χ1v) is 5.74. The van der Waals surface area contributed by atoms with Crippen LogP contribution in [0.3, 0.4) is 0 Å². The van der Waals surface area contributed by atoms with Gasteiger partial charge in [0.15, 0.2) is 11.6 Å². The van der Waals surface area contributed by atoms with Gasteiger partial charge in [-0.3, -0.25) is 4.79 Å². The number of nitrogens with one attached hydrogen (secondary N) is 1. The van der Waals surface area contributed by atoms with Crippen LogP contribution >= 0.6 is 0 Å². The Hall–Kier alpha value is -1.69. The predicted octanol–water partition coefficient (Wildman–Crippen LogP) is 1.37. The molecule has 6 heteroatoms. The summed E-state index contributed by atoms with van der Waals surface area (Å²) in [4.78, 5) is 17.3. The molecule has 0 saturated carbocycles. The highest BCUT2D eigenvalue weighted by Crippen LogP contribution is 2.16. The number of methoxy groups -OCH3 is 1. The van der Waals surface area contributed by atoms with E-state index in [1.54, 1.807) is 14.2 Å². The number of carbonyl (C=O) groups excluding carboxylic acids is 1. The Bertz CT molecular complexity index is 412. The van der Waals surface area contributed by atoms with Gasteiger partial charge < -0.3 is 15.0 Å². The third kappa shape index (κ3) is 3.40. The second-order valence-electron chi connectivity index (χ2n) is 3.77. The highest BCUT2D eigenvalue weighted by Gasteiger charge is 2.18. The maximum atomic E-state index is 14.0. The Morgan fingerprint density at radius 3 is 2.94 bits per heavy atom. The van der Waals surface area contributed by atoms with Crippen LogP contribution in [0.2, 0.25) is 0 Å². The van der Waals surface area contributed by atoms with Gasteiger partial charge in [0.2, 0.25) is 0 Å². The fourth-order valence-electron chi connectivity index (χ4n) is 1.43. The van der Waals surface area contributed by atoms with E-state index in [1.165, 1.54) is 17.2 Å². The van der Waals surface area contributed by atoms with Gasteiger partial charge in [-0.05, 0) is 13.0 Å². The summed E-state index contributed by atoms with van der Waals surface area (Å²) in [5, 5.41) is 2.77. The Kier molecular flexibility index (Phi) is 5.51. The molecular formula is C12H18FN3O2. The fourth-order valence-corrected chi connectivity index (χ4v) is 1.43. The summed E-state index contributed by atoms with van der Waals surface area (Å²) in [6.45, 7) is 3.20. The minimum Gasteiger partial charge on any atom is -0.383 e. The first-order chi connectivity index (χ1) is 8.61. The molecule has 1 aromatic heterocycles. The molecule has 1 rings (SSSR count). The minimum absolute atomic E-state index is 0.0135. The molecular weight excluding hydrogens is 237 g/mol. The summed E-state index contributed by atoms with van der Waals surface area (Å²) in [7, 11) is 3.16. The van der Waals surface area contributed by atoms with Crippen LogP contribution in [-0.2, 0) is 4.74 Å². The lowest BCUT2D eigenvalue weighted by Gasteiger charge is -2.17. The van der Waals surface area contributed by atoms with Crippen molar-refractivity contribution >= 4 is 11.7 Å². The van der Waals surface area contributed by atoms with Gasteiger partial charge in [-0.15, -0.1) is 0 Å². The van der Waals surface area contributed by atoms with Gasteiger partial charge in [0.1, 0.15) is 0 Å². The molecule has 100 valence electrons. The molecule has 5 nitrogen and oxygen atoms in total. The molecule has 0 unspecified atom stereocenters. The van der Waals surface area contributed by atoms with Crippen LogP contribution in [0.1, 0.15) is 17.3 Å². The Morgan fingerprint density at radius 2 is 2.33 bits per heavy atom. The zero-order valence-corrected chi connectivity index (χ0v) is 10.9. The van der Waals surface area contributed by atoms with Crippen LogP contribution < -0.4 is 5.32 Å². The second kappa shape index (κ2) is 6.90. The van der Waals surface area contributed by atoms with Crippen molar-refractivity contribution in [1.82, 2.24) is 9.88 Å². The van der Waals surface area contributed by atoms with Crippen LogP contribution in [0.4, 0.5) is 10.2 Å². The van der Waals surface area contributed by atoms with Crippen LogP contribution in [-0.4, -0.2) is 49.6 Å². The predicted molar refractivity (Wildman–Crippen MR) is 67.2 cm³/mol. The van der Waals surface area contributed by atoms with E-state index in [1.807, 2.05) is 6.92 Å². The number of rotatable bonds is 6. The van der Waals surface area contributed by atoms with Gasteiger partial charge in [0.05, 0.1) is 12.2 Å². The molecule has 18 heavy (non-hydrogen) atoms. The summed E-state index contributed by atoms with van der Waals surface area (Å²) in [5.41, 5.74) is 0.0135. The van der Waals surface area contributed by atoms with Crippen molar-refractivity contribution in [2.45, 2.75) is 6.92 Å². The molecule has 0 bridgehead atoms. The maximum absolute atomic E-state index is 14.0. The molecule has 0 fully saturated rings. The van der Waals surface area contributed by atoms with Gasteiger partial charge in [0, 0.05) is 33.4 Å². The average molecular weight is 255 g/mol. The van der Waals surface area contributed by atoms with E-state index in [2.05, 4.69) is 10.3 Å². The van der Waals surface area contributed by atoms with E-state index in [0.717, 1.165) is 0 Å². The number of amides is 1. The van der Waals surface area contributed by atoms with Gasteiger partial charge in [-0.25, -0.2) is 9.37 Å². The number of hydrogen-bond donors (Lipinski definition) is 1. The topological polar surface area (TPSA) is 54.5 Å². The van der Waals surface area contributed by atoms with E-state index < -0.39 is 5.82 Å². The van der Waals surface area contributed by atoms with Crippen LogP contribution in [0, 0.1) is 5.82 Å². The molecule has 0 radical (unpaired) electrons. The summed E-state index contributed by atoms with van der Waals surface area (Å²) in [6, 6.07) is 1.38. The number of halogens is 1. The van der Waals surface area contributed by atoms with E-state index in [9.17, 15) is 9.18 Å². The third-order valence-corrected chi connectivity index (χ3v) is 2.44. The number of nitrogens with zero attached hydrogens (tertiary/aromatic N) is 2. The highest BCUT2D eigenvalue weighted by atomic mass is 19.1. The number of anilines is 1. The number of hydrogen-bond acceptors (Lipinski definition) is 4. The molecule has 1 aromatic rings. The molecule has 0 aromatic carbocycles. The summed E-state index contributed by atoms with van der Waals surface area (Å²) in [5.74, 6) is -0.900. The molecule has 0 aliphatic rings. The Morgan fingerprint density at radius 1 is 1.61 bits per heavy atom. The third-order valence-electron chi connectivity index (χ3n) is 2.44. The van der Waals surface area contributed by atoms with Crippen LogP contribution in [0.5, 0.6) is 0 Å². The molecule has 0 saturated heterocycles. The lowest BCUT2D eigenvalue weighted by Crippen LogP contribution is -2.30. The van der Waals surface area contributed by atoms with E-state index >= 15 is 0 Å². The van der Waals surface area contributed by atoms with Crippen molar-refractivity contribution in [3.05, 3.63) is 23.6 Å². The Balaban J connectivity index is 2.88. The zero-order chi connectivity index (χ0) is 13.5. The smallest absolute Gasteiger partial charge is 0.256 e. The maximum Gasteiger partial charge on any atom is 0.256 e. The first-order valence-electron chi connectivity index (χ1n) is 5.74. The number of pyridine rings is 1. The van der Waals surface area contributed by atoms with Gasteiger partial charge >= 0.3 is 0 Å². The zero-order valence-electron chi connectivity index (χ0n) is 10.9. The normalized spacial score (nSPS) is 10.2. The average Bonchev–Trinajstić information content (AvgIpc) is 2.38. The standard InChI is InChI=1S/C12H18FN3O2/c1-4-14-11-10(13)9(5-6-15-11)12(17)16(2)7-8-18-3/h5-6H,4,7-8H2,1-3H3,(H,14,15). The number of carbonyl (C=O) groups is 1. The van der Waals surface area contributed by atoms with E-state index in [0.29, 0.717) is 19.7 Å². The second-order valence-corrected chi connectivity index (χ2v) is 3.77. The molecule has 1 N–H and O–H groups in total. The molecule has 0 aliphatic carbocycles. The quantitative estimate of drug-likeness (QED) is 0.834. The monoisotopic (exact) mass is 255 g/mol. The summed E-state index contributed by atoms with van der Waals surface area (Å²) in [6.07, 6.45) is 1.42. The molecule has 0 spiro atoms. The van der Waals surface area contributed by atoms with Crippen LogP contribution in [0.15, 0.2) is 12.3 Å². The first kappa shape index (κ1) is 14.4. The number of likely N-dealkylation sites (N-methyl/N-ethyl adjacent to an activating group) is 1. The van der Waals surface area contributed by atoms with Gasteiger partial charge in [0.25, 0.3) is 5.91 Å². The molecule has 1 heterocycles. The number of ether oxygens (including phenoxy) is 1. The lowest BCUT2D eigenvalue weighted by atomic mass is 10.2. The minimum atomic E-state index is -0.617. The van der Waals surface area contributed by atoms with Crippen molar-refractivity contribution in [2.24, 2.45) is 0 Å². The summed E-state index contributed by atoms with van der Waals surface area (Å²) < 4.78 is 18.9. The molecule has 0 atom stereocenters. The van der Waals surface area contributed by atoms with Crippen molar-refractivity contribution in [3.8, 4) is 0 Å². The lowest BCUT2D eigenvalue weighted by molar-refractivity contribution is 0.0739. The van der Waals surface area contributed by atoms with Gasteiger partial charge in [-0.2, -0.15) is 0 Å². The highest BCUT2D eigenvalue weighted by molar-refractivity contribution is 5.95. The van der Waals surface area contributed by atoms with Crippen LogP contribution in [0.25, 0.3) is 0 Å². The SMILES string of the molecule is CCNc1nccc(C(=O)N(C)CCOC)c1F. The molecule has 0 aliphatic heterocycles.